The zero-order valence-electron chi connectivity index (χ0n) is 11.6. The van der Waals surface area contributed by atoms with Crippen molar-refractivity contribution < 1.29 is 23.1 Å². The van der Waals surface area contributed by atoms with Crippen LogP contribution in [0, 0.1) is 0 Å². The van der Waals surface area contributed by atoms with Crippen LogP contribution in [0.3, 0.4) is 0 Å². The lowest BCUT2D eigenvalue weighted by Crippen LogP contribution is -2.41. The quantitative estimate of drug-likeness (QED) is 0.708. The van der Waals surface area contributed by atoms with Gasteiger partial charge < -0.3 is 15.6 Å². The smallest absolute Gasteiger partial charge is 0.337 e. The highest BCUT2D eigenvalue weighted by Gasteiger charge is 2.28. The predicted molar refractivity (Wildman–Crippen MR) is 76.6 cm³/mol. The van der Waals surface area contributed by atoms with Crippen molar-refractivity contribution in [2.75, 3.05) is 12.3 Å². The van der Waals surface area contributed by atoms with E-state index >= 15 is 0 Å². The van der Waals surface area contributed by atoms with Gasteiger partial charge in [-0.05, 0) is 38.0 Å². The van der Waals surface area contributed by atoms with Gasteiger partial charge in [-0.2, -0.15) is 0 Å². The van der Waals surface area contributed by atoms with E-state index in [1.807, 2.05) is 6.92 Å². The number of ether oxygens (including phenoxy) is 1. The molecular weight excluding hydrogens is 296 g/mol. The van der Waals surface area contributed by atoms with Gasteiger partial charge in [0.25, 0.3) is 0 Å². The van der Waals surface area contributed by atoms with E-state index in [2.05, 4.69) is 4.72 Å². The summed E-state index contributed by atoms with van der Waals surface area (Å²) in [5, 5.41) is 9.13. The zero-order chi connectivity index (χ0) is 15.6. The number of carbonyl (C=O) groups is 1. The predicted octanol–water partition coefficient (Wildman–Crippen LogP) is 0.813. The minimum atomic E-state index is -3.92. The number of hydrogen-bond acceptors (Lipinski definition) is 5. The van der Waals surface area contributed by atoms with Crippen LogP contribution in [0.1, 0.15) is 30.1 Å². The van der Waals surface area contributed by atoms with Crippen molar-refractivity contribution in [2.24, 2.45) is 0 Å². The third-order valence-electron chi connectivity index (χ3n) is 3.33. The summed E-state index contributed by atoms with van der Waals surface area (Å²) < 4.78 is 32.7. The maximum atomic E-state index is 12.4. The molecule has 0 amide bonds. The highest BCUT2D eigenvalue weighted by molar-refractivity contribution is 7.89. The van der Waals surface area contributed by atoms with Crippen LogP contribution in [0.15, 0.2) is 23.1 Å². The summed E-state index contributed by atoms with van der Waals surface area (Å²) >= 11 is 0. The summed E-state index contributed by atoms with van der Waals surface area (Å²) in [7, 11) is -3.92. The molecule has 0 spiro atoms. The van der Waals surface area contributed by atoms with Gasteiger partial charge in [-0.15, -0.1) is 0 Å². The fourth-order valence-electron chi connectivity index (χ4n) is 2.34. The van der Waals surface area contributed by atoms with Gasteiger partial charge in [0, 0.05) is 18.3 Å². The number of anilines is 1. The average molecular weight is 314 g/mol. The average Bonchev–Trinajstić information content (AvgIpc) is 2.37. The Balaban J connectivity index is 2.29. The third-order valence-corrected chi connectivity index (χ3v) is 4.91. The van der Waals surface area contributed by atoms with Crippen LogP contribution < -0.4 is 10.5 Å². The molecule has 1 aliphatic rings. The van der Waals surface area contributed by atoms with Crippen LogP contribution in [0.2, 0.25) is 0 Å². The molecule has 1 heterocycles. The molecule has 2 unspecified atom stereocenters. The maximum absolute atomic E-state index is 12.4. The highest BCUT2D eigenvalue weighted by Crippen LogP contribution is 2.21. The minimum Gasteiger partial charge on any atom is -0.478 e. The zero-order valence-corrected chi connectivity index (χ0v) is 12.4. The molecular formula is C13H18N2O5S. The Labute approximate surface area is 123 Å². The number of aromatic carboxylic acids is 1. The van der Waals surface area contributed by atoms with E-state index < -0.39 is 16.0 Å². The Morgan fingerprint density at radius 2 is 2.19 bits per heavy atom. The Hall–Kier alpha value is -1.64. The van der Waals surface area contributed by atoms with E-state index in [4.69, 9.17) is 15.6 Å². The van der Waals surface area contributed by atoms with Crippen molar-refractivity contribution in [3.63, 3.8) is 0 Å². The molecule has 0 bridgehead atoms. The van der Waals surface area contributed by atoms with Crippen LogP contribution >= 0.6 is 0 Å². The normalized spacial score (nSPS) is 22.9. The number of nitrogen functional groups attached to an aromatic ring is 1. The van der Waals surface area contributed by atoms with Crippen molar-refractivity contribution in [1.29, 1.82) is 0 Å². The second-order valence-electron chi connectivity index (χ2n) is 5.08. The molecule has 4 N–H and O–H groups in total. The third kappa shape index (κ3) is 3.72. The molecule has 2 rings (SSSR count). The molecule has 1 saturated heterocycles. The number of nitrogens with two attached hydrogens (primary N) is 1. The highest BCUT2D eigenvalue weighted by atomic mass is 32.2. The molecule has 0 aliphatic carbocycles. The van der Waals surface area contributed by atoms with Gasteiger partial charge in [0.1, 0.15) is 0 Å². The van der Waals surface area contributed by atoms with Crippen molar-refractivity contribution in [3.8, 4) is 0 Å². The van der Waals surface area contributed by atoms with Gasteiger partial charge in [-0.1, -0.05) is 0 Å². The van der Waals surface area contributed by atoms with Crippen molar-refractivity contribution in [3.05, 3.63) is 23.8 Å². The summed E-state index contributed by atoms with van der Waals surface area (Å²) in [5.74, 6) is -1.33. The first kappa shape index (κ1) is 15.7. The molecule has 0 radical (unpaired) electrons. The number of carboxylic acid groups (broad SMARTS) is 1. The van der Waals surface area contributed by atoms with Crippen molar-refractivity contribution in [2.45, 2.75) is 36.8 Å². The van der Waals surface area contributed by atoms with Gasteiger partial charge in [0.05, 0.1) is 16.6 Å². The van der Waals surface area contributed by atoms with E-state index in [1.54, 1.807) is 0 Å². The molecule has 0 aromatic heterocycles. The molecule has 21 heavy (non-hydrogen) atoms. The molecule has 0 saturated carbocycles. The minimum absolute atomic E-state index is 0.0307. The van der Waals surface area contributed by atoms with Crippen LogP contribution in [0.5, 0.6) is 0 Å². The fourth-order valence-corrected chi connectivity index (χ4v) is 3.80. The first-order chi connectivity index (χ1) is 9.79. The van der Waals surface area contributed by atoms with E-state index in [1.165, 1.54) is 12.1 Å². The summed E-state index contributed by atoms with van der Waals surface area (Å²) in [6.07, 6.45) is 1.08. The van der Waals surface area contributed by atoms with Crippen molar-refractivity contribution >= 4 is 21.7 Å². The second kappa shape index (κ2) is 6.00. The van der Waals surface area contributed by atoms with Gasteiger partial charge in [0.15, 0.2) is 0 Å². The molecule has 1 aromatic rings. The monoisotopic (exact) mass is 314 g/mol. The first-order valence-corrected chi connectivity index (χ1v) is 8.04. The number of carboxylic acids is 1. The van der Waals surface area contributed by atoms with Gasteiger partial charge >= 0.3 is 5.97 Å². The number of hydrogen-bond donors (Lipinski definition) is 3. The summed E-state index contributed by atoms with van der Waals surface area (Å²) in [4.78, 5) is 10.9. The summed E-state index contributed by atoms with van der Waals surface area (Å²) in [5.41, 5.74) is 5.39. The van der Waals surface area contributed by atoms with Gasteiger partial charge in [0.2, 0.25) is 10.0 Å². The van der Waals surface area contributed by atoms with Crippen LogP contribution in [0.4, 0.5) is 5.69 Å². The number of benzene rings is 1. The lowest BCUT2D eigenvalue weighted by atomic mass is 10.1. The lowest BCUT2D eigenvalue weighted by Gasteiger charge is -2.27. The standard InChI is InChI=1S/C13H18N2O5S/c1-8-6-10(4-5-20-8)15-21(18,19)12-3-2-9(14)7-11(12)13(16)17/h2-3,7-8,10,15H,4-6,14H2,1H3,(H,16,17). The molecule has 1 fully saturated rings. The molecule has 116 valence electrons. The Morgan fingerprint density at radius 3 is 2.81 bits per heavy atom. The van der Waals surface area contributed by atoms with E-state index in [0.29, 0.717) is 19.4 Å². The maximum Gasteiger partial charge on any atom is 0.337 e. The largest absolute Gasteiger partial charge is 0.478 e. The molecule has 2 atom stereocenters. The number of nitrogens with one attached hydrogen (secondary N) is 1. The van der Waals surface area contributed by atoms with Crippen LogP contribution in [-0.2, 0) is 14.8 Å². The topological polar surface area (TPSA) is 119 Å². The molecule has 7 nitrogen and oxygen atoms in total. The Kier molecular flexibility index (Phi) is 4.50. The van der Waals surface area contributed by atoms with E-state index in [9.17, 15) is 13.2 Å². The van der Waals surface area contributed by atoms with Gasteiger partial charge in [-0.25, -0.2) is 17.9 Å². The first-order valence-electron chi connectivity index (χ1n) is 6.56. The van der Waals surface area contributed by atoms with E-state index in [-0.39, 0.29) is 28.3 Å². The Morgan fingerprint density at radius 1 is 1.48 bits per heavy atom. The lowest BCUT2D eigenvalue weighted by molar-refractivity contribution is 0.0173. The second-order valence-corrected chi connectivity index (χ2v) is 6.77. The number of sulfonamides is 1. The molecule has 1 aliphatic heterocycles. The van der Waals surface area contributed by atoms with Crippen molar-refractivity contribution in [1.82, 2.24) is 4.72 Å². The SMILES string of the molecule is CC1CC(NS(=O)(=O)c2ccc(N)cc2C(=O)O)CCO1. The van der Waals surface area contributed by atoms with Crippen LogP contribution in [0.25, 0.3) is 0 Å². The summed E-state index contributed by atoms with van der Waals surface area (Å²) in [6, 6.07) is 3.46. The fraction of sp³-hybridized carbons (Fsp3) is 0.462. The molecule has 1 aromatic carbocycles. The van der Waals surface area contributed by atoms with Crippen LogP contribution in [-0.4, -0.2) is 38.2 Å². The molecule has 8 heteroatoms. The summed E-state index contributed by atoms with van der Waals surface area (Å²) in [6.45, 7) is 2.34. The van der Waals surface area contributed by atoms with Gasteiger partial charge in [-0.3, -0.25) is 0 Å². The van der Waals surface area contributed by atoms with E-state index in [0.717, 1.165) is 6.07 Å². The Bertz CT molecular complexity index is 644. The number of rotatable bonds is 4.